The molecule has 3 aliphatic rings. The molecular formula is C25H30N4O4. The zero-order valence-corrected chi connectivity index (χ0v) is 18.8. The van der Waals surface area contributed by atoms with Crippen molar-refractivity contribution in [3.8, 4) is 0 Å². The van der Waals surface area contributed by atoms with Crippen LogP contribution in [0.25, 0.3) is 0 Å². The first kappa shape index (κ1) is 21.6. The minimum atomic E-state index is -0.248. The van der Waals surface area contributed by atoms with Crippen LogP contribution >= 0.6 is 0 Å². The fourth-order valence-corrected chi connectivity index (χ4v) is 5.14. The van der Waals surface area contributed by atoms with Gasteiger partial charge in [0.25, 0.3) is 5.91 Å². The molecule has 33 heavy (non-hydrogen) atoms. The molecule has 1 atom stereocenters. The Morgan fingerprint density at radius 2 is 1.85 bits per heavy atom. The Morgan fingerprint density at radius 1 is 1.03 bits per heavy atom. The van der Waals surface area contributed by atoms with Crippen molar-refractivity contribution >= 4 is 29.1 Å². The molecule has 3 aliphatic heterocycles. The van der Waals surface area contributed by atoms with Gasteiger partial charge in [0.2, 0.25) is 11.8 Å². The molecule has 4 heterocycles. The lowest BCUT2D eigenvalue weighted by Crippen LogP contribution is -2.57. The van der Waals surface area contributed by atoms with Crippen molar-refractivity contribution in [3.05, 3.63) is 47.9 Å². The standard InChI is InChI=1S/C25H30N4O4/c30-23(26-11-10-19-6-5-15-33-19)17-29-22-16-18(24(31)27-12-3-4-13-27)8-9-20(22)28-14-2-1-7-21(28)25(29)32/h5-6,8-9,15-16,21H,1-4,7,10-14,17H2,(H,26,30)/t21-/m1/s1. The van der Waals surface area contributed by atoms with E-state index in [0.717, 1.165) is 63.2 Å². The van der Waals surface area contributed by atoms with E-state index in [4.69, 9.17) is 4.42 Å². The summed E-state index contributed by atoms with van der Waals surface area (Å²) in [6, 6.07) is 9.05. The number of hydrogen-bond donors (Lipinski definition) is 1. The van der Waals surface area contributed by atoms with Crippen molar-refractivity contribution < 1.29 is 18.8 Å². The Hall–Kier alpha value is -3.29. The van der Waals surface area contributed by atoms with E-state index >= 15 is 0 Å². The molecule has 8 nitrogen and oxygen atoms in total. The highest BCUT2D eigenvalue weighted by atomic mass is 16.3. The highest BCUT2D eigenvalue weighted by Gasteiger charge is 2.40. The van der Waals surface area contributed by atoms with E-state index in [-0.39, 0.29) is 30.3 Å². The van der Waals surface area contributed by atoms with Gasteiger partial charge in [0.05, 0.1) is 17.6 Å². The van der Waals surface area contributed by atoms with Gasteiger partial charge in [-0.05, 0) is 62.4 Å². The number of carbonyl (C=O) groups excluding carboxylic acids is 3. The van der Waals surface area contributed by atoms with Crippen molar-refractivity contribution in [3.63, 3.8) is 0 Å². The first-order valence-corrected chi connectivity index (χ1v) is 11.9. The maximum atomic E-state index is 13.4. The van der Waals surface area contributed by atoms with Crippen LogP contribution < -0.4 is 15.1 Å². The number of hydrogen-bond acceptors (Lipinski definition) is 5. The Labute approximate surface area is 193 Å². The second-order valence-electron chi connectivity index (χ2n) is 9.01. The zero-order chi connectivity index (χ0) is 22.8. The first-order chi connectivity index (χ1) is 16.1. The van der Waals surface area contributed by atoms with E-state index < -0.39 is 0 Å². The lowest BCUT2D eigenvalue weighted by Gasteiger charge is -2.45. The molecule has 2 saturated heterocycles. The highest BCUT2D eigenvalue weighted by Crippen LogP contribution is 2.40. The third-order valence-electron chi connectivity index (χ3n) is 6.85. The SMILES string of the molecule is O=C(CN1C(=O)[C@H]2CCCCN2c2ccc(C(=O)N3CCCC3)cc21)NCCc1ccco1. The number of rotatable bonds is 6. The van der Waals surface area contributed by atoms with Crippen LogP contribution in [0.1, 0.15) is 48.2 Å². The summed E-state index contributed by atoms with van der Waals surface area (Å²) in [4.78, 5) is 44.8. The quantitative estimate of drug-likeness (QED) is 0.731. The van der Waals surface area contributed by atoms with E-state index in [1.165, 1.54) is 0 Å². The molecule has 1 N–H and O–H groups in total. The Kier molecular flexibility index (Phi) is 6.07. The number of likely N-dealkylation sites (tertiary alicyclic amines) is 1. The van der Waals surface area contributed by atoms with Crippen LogP contribution in [0, 0.1) is 0 Å². The van der Waals surface area contributed by atoms with Crippen LogP contribution in [0.2, 0.25) is 0 Å². The van der Waals surface area contributed by atoms with Gasteiger partial charge in [-0.15, -0.1) is 0 Å². The van der Waals surface area contributed by atoms with E-state index in [2.05, 4.69) is 10.2 Å². The highest BCUT2D eigenvalue weighted by molar-refractivity contribution is 6.09. The molecule has 5 rings (SSSR count). The van der Waals surface area contributed by atoms with E-state index in [0.29, 0.717) is 24.2 Å². The molecule has 0 spiro atoms. The summed E-state index contributed by atoms with van der Waals surface area (Å²) in [6.45, 7) is 2.72. The molecule has 1 aromatic carbocycles. The lowest BCUT2D eigenvalue weighted by atomic mass is 9.95. The van der Waals surface area contributed by atoms with Crippen molar-refractivity contribution in [1.29, 1.82) is 0 Å². The molecule has 1 aromatic heterocycles. The van der Waals surface area contributed by atoms with Gasteiger partial charge in [0.15, 0.2) is 0 Å². The van der Waals surface area contributed by atoms with Gasteiger partial charge >= 0.3 is 0 Å². The number of carbonyl (C=O) groups is 3. The molecule has 3 amide bonds. The second kappa shape index (κ2) is 9.29. The molecule has 8 heteroatoms. The van der Waals surface area contributed by atoms with E-state index in [9.17, 15) is 14.4 Å². The van der Waals surface area contributed by atoms with Crippen LogP contribution in [0.4, 0.5) is 11.4 Å². The maximum Gasteiger partial charge on any atom is 0.253 e. The maximum absolute atomic E-state index is 13.4. The van der Waals surface area contributed by atoms with Gasteiger partial charge in [-0.1, -0.05) is 0 Å². The topological polar surface area (TPSA) is 86.1 Å². The van der Waals surface area contributed by atoms with Crippen LogP contribution in [0.3, 0.4) is 0 Å². The van der Waals surface area contributed by atoms with Crippen LogP contribution in [0.5, 0.6) is 0 Å². The normalized spacial score (nSPS) is 19.9. The monoisotopic (exact) mass is 450 g/mol. The van der Waals surface area contributed by atoms with Crippen molar-refractivity contribution in [2.45, 2.75) is 44.6 Å². The summed E-state index contributed by atoms with van der Waals surface area (Å²) in [6.07, 6.45) is 7.06. The van der Waals surface area contributed by atoms with Crippen molar-refractivity contribution in [2.24, 2.45) is 0 Å². The third-order valence-corrected chi connectivity index (χ3v) is 6.85. The largest absolute Gasteiger partial charge is 0.469 e. The smallest absolute Gasteiger partial charge is 0.253 e. The molecule has 0 saturated carbocycles. The molecule has 0 bridgehead atoms. The second-order valence-corrected chi connectivity index (χ2v) is 9.01. The zero-order valence-electron chi connectivity index (χ0n) is 18.8. The molecule has 0 unspecified atom stereocenters. The predicted octanol–water partition coefficient (Wildman–Crippen LogP) is 2.58. The summed E-state index contributed by atoms with van der Waals surface area (Å²) in [5.74, 6) is 0.513. The van der Waals surface area contributed by atoms with Gasteiger partial charge in [-0.25, -0.2) is 0 Å². The minimum Gasteiger partial charge on any atom is -0.469 e. The Balaban J connectivity index is 1.37. The molecule has 2 aromatic rings. The van der Waals surface area contributed by atoms with E-state index in [1.807, 2.05) is 29.2 Å². The predicted molar refractivity (Wildman–Crippen MR) is 124 cm³/mol. The van der Waals surface area contributed by atoms with Gasteiger partial charge in [0, 0.05) is 38.2 Å². The van der Waals surface area contributed by atoms with Crippen LogP contribution in [0.15, 0.2) is 41.0 Å². The van der Waals surface area contributed by atoms with Gasteiger partial charge < -0.3 is 19.5 Å². The van der Waals surface area contributed by atoms with Gasteiger partial charge in [-0.2, -0.15) is 0 Å². The number of benzene rings is 1. The van der Waals surface area contributed by atoms with Gasteiger partial charge in [-0.3, -0.25) is 19.3 Å². The fraction of sp³-hybridized carbons (Fsp3) is 0.480. The summed E-state index contributed by atoms with van der Waals surface area (Å²) < 4.78 is 5.31. The summed E-state index contributed by atoms with van der Waals surface area (Å²) in [5, 5.41) is 2.89. The third kappa shape index (κ3) is 4.34. The molecule has 0 radical (unpaired) electrons. The lowest BCUT2D eigenvalue weighted by molar-refractivity contribution is -0.125. The summed E-state index contributed by atoms with van der Waals surface area (Å²) in [7, 11) is 0. The number of amides is 3. The van der Waals surface area contributed by atoms with Crippen molar-refractivity contribution in [2.75, 3.05) is 42.5 Å². The van der Waals surface area contributed by atoms with Crippen LogP contribution in [-0.2, 0) is 16.0 Å². The first-order valence-electron chi connectivity index (χ1n) is 11.9. The Bertz CT molecular complexity index is 1030. The molecule has 2 fully saturated rings. The molecule has 0 aliphatic carbocycles. The summed E-state index contributed by atoms with van der Waals surface area (Å²) in [5.41, 5.74) is 2.16. The average molecular weight is 451 g/mol. The number of furan rings is 1. The molecule has 174 valence electrons. The number of piperidine rings is 1. The fourth-order valence-electron chi connectivity index (χ4n) is 5.14. The Morgan fingerprint density at radius 3 is 2.64 bits per heavy atom. The van der Waals surface area contributed by atoms with Crippen LogP contribution in [-0.4, -0.2) is 61.4 Å². The van der Waals surface area contributed by atoms with Gasteiger partial charge in [0.1, 0.15) is 18.3 Å². The molecular weight excluding hydrogens is 420 g/mol. The number of fused-ring (bicyclic) bond motifs is 3. The minimum absolute atomic E-state index is 0.00799. The number of nitrogens with one attached hydrogen (secondary N) is 1. The number of anilines is 2. The van der Waals surface area contributed by atoms with E-state index in [1.54, 1.807) is 17.2 Å². The average Bonchev–Trinajstić information content (AvgIpc) is 3.56. The summed E-state index contributed by atoms with van der Waals surface area (Å²) >= 11 is 0. The van der Waals surface area contributed by atoms with Crippen molar-refractivity contribution in [1.82, 2.24) is 10.2 Å². The number of nitrogens with zero attached hydrogens (tertiary/aromatic N) is 3.